The summed E-state index contributed by atoms with van der Waals surface area (Å²) in [5.41, 5.74) is 1.54. The summed E-state index contributed by atoms with van der Waals surface area (Å²) < 4.78 is 41.9. The molecule has 180 valence electrons. The van der Waals surface area contributed by atoms with E-state index >= 15 is 0 Å². The molecule has 0 aliphatic carbocycles. The van der Waals surface area contributed by atoms with E-state index in [9.17, 15) is 18.0 Å². The van der Waals surface area contributed by atoms with E-state index < -0.39 is 22.6 Å². The highest BCUT2D eigenvalue weighted by Gasteiger charge is 2.22. The number of hydrogen-bond acceptors (Lipinski definition) is 7. The van der Waals surface area contributed by atoms with Gasteiger partial charge in [-0.05, 0) is 43.3 Å². The van der Waals surface area contributed by atoms with Gasteiger partial charge in [-0.25, -0.2) is 13.2 Å². The lowest BCUT2D eigenvalue weighted by atomic mass is 10.2. The van der Waals surface area contributed by atoms with Crippen LogP contribution in [0, 0.1) is 6.92 Å². The van der Waals surface area contributed by atoms with Gasteiger partial charge in [-0.2, -0.15) is 0 Å². The maximum Gasteiger partial charge on any atom is 0.338 e. The fourth-order valence-corrected chi connectivity index (χ4v) is 4.08. The highest BCUT2D eigenvalue weighted by molar-refractivity contribution is 7.92. The second kappa shape index (κ2) is 12.3. The number of sulfonamides is 1. The average molecular weight is 479 g/mol. The van der Waals surface area contributed by atoms with Crippen LogP contribution in [0.5, 0.6) is 0 Å². The van der Waals surface area contributed by atoms with E-state index in [1.807, 2.05) is 6.92 Å². The highest BCUT2D eigenvalue weighted by Crippen LogP contribution is 2.23. The van der Waals surface area contributed by atoms with Crippen molar-refractivity contribution in [2.75, 3.05) is 58.5 Å². The number of rotatable bonds is 12. The van der Waals surface area contributed by atoms with Crippen LogP contribution in [0.2, 0.25) is 0 Å². The zero-order valence-corrected chi connectivity index (χ0v) is 20.1. The molecular formula is C23H30N2O7S. The summed E-state index contributed by atoms with van der Waals surface area (Å²) in [7, 11) is 0.766. The number of carbonyl (C=O) groups excluding carboxylic acids is 2. The number of carbonyl (C=O) groups is 2. The van der Waals surface area contributed by atoms with Crippen LogP contribution in [-0.4, -0.2) is 79.4 Å². The molecule has 0 saturated heterocycles. The van der Waals surface area contributed by atoms with E-state index in [0.717, 1.165) is 9.87 Å². The SMILES string of the molecule is COCCN(CCOC)C(=O)COC(=O)c1ccc(N(C)S(=O)(=O)c2ccc(C)cc2)cc1. The number of nitrogens with zero attached hydrogens (tertiary/aromatic N) is 2. The molecule has 0 bridgehead atoms. The van der Waals surface area contributed by atoms with Crippen molar-refractivity contribution in [3.63, 3.8) is 0 Å². The van der Waals surface area contributed by atoms with Crippen molar-refractivity contribution in [1.82, 2.24) is 4.90 Å². The molecule has 0 unspecified atom stereocenters. The first kappa shape index (κ1) is 26.3. The molecule has 0 fully saturated rings. The zero-order valence-electron chi connectivity index (χ0n) is 19.3. The smallest absolute Gasteiger partial charge is 0.338 e. The number of methoxy groups -OCH3 is 2. The fraction of sp³-hybridized carbons (Fsp3) is 0.391. The molecule has 0 aliphatic heterocycles. The molecule has 1 amide bonds. The van der Waals surface area contributed by atoms with Gasteiger partial charge < -0.3 is 19.1 Å². The average Bonchev–Trinajstić information content (AvgIpc) is 2.82. The molecule has 10 heteroatoms. The van der Waals surface area contributed by atoms with Gasteiger partial charge in [0.25, 0.3) is 15.9 Å². The van der Waals surface area contributed by atoms with Crippen LogP contribution in [-0.2, 0) is 29.0 Å². The van der Waals surface area contributed by atoms with Gasteiger partial charge in [0.05, 0.1) is 29.4 Å². The summed E-state index contributed by atoms with van der Waals surface area (Å²) in [4.78, 5) is 26.4. The van der Waals surface area contributed by atoms with Crippen molar-refractivity contribution in [3.05, 3.63) is 59.7 Å². The van der Waals surface area contributed by atoms with Gasteiger partial charge in [-0.15, -0.1) is 0 Å². The van der Waals surface area contributed by atoms with Gasteiger partial charge >= 0.3 is 5.97 Å². The summed E-state index contributed by atoms with van der Waals surface area (Å²) in [5, 5.41) is 0. The molecular weight excluding hydrogens is 448 g/mol. The molecule has 9 nitrogen and oxygen atoms in total. The van der Waals surface area contributed by atoms with Crippen molar-refractivity contribution in [2.45, 2.75) is 11.8 Å². The van der Waals surface area contributed by atoms with Crippen LogP contribution < -0.4 is 4.31 Å². The van der Waals surface area contributed by atoms with Crippen molar-refractivity contribution < 1.29 is 32.2 Å². The van der Waals surface area contributed by atoms with Gasteiger partial charge in [0.2, 0.25) is 0 Å². The Morgan fingerprint density at radius 3 is 1.94 bits per heavy atom. The molecule has 0 radical (unpaired) electrons. The Hall–Kier alpha value is -2.95. The Labute approximate surface area is 194 Å². The summed E-state index contributed by atoms with van der Waals surface area (Å²) >= 11 is 0. The molecule has 2 aromatic rings. The van der Waals surface area contributed by atoms with Crippen LogP contribution in [0.3, 0.4) is 0 Å². The van der Waals surface area contributed by atoms with Crippen LogP contribution in [0.15, 0.2) is 53.4 Å². The Balaban J connectivity index is 2.01. The first-order valence-electron chi connectivity index (χ1n) is 10.3. The maximum absolute atomic E-state index is 12.8. The molecule has 0 atom stereocenters. The molecule has 0 N–H and O–H groups in total. The minimum Gasteiger partial charge on any atom is -0.452 e. The van der Waals surface area contributed by atoms with Crippen molar-refractivity contribution in [1.29, 1.82) is 0 Å². The first-order chi connectivity index (χ1) is 15.7. The summed E-state index contributed by atoms with van der Waals surface area (Å²) in [6.45, 7) is 2.87. The van der Waals surface area contributed by atoms with Gasteiger partial charge in [-0.3, -0.25) is 9.10 Å². The highest BCUT2D eigenvalue weighted by atomic mass is 32.2. The zero-order chi connectivity index (χ0) is 24.4. The summed E-state index contributed by atoms with van der Waals surface area (Å²) in [5.74, 6) is -1.05. The van der Waals surface area contributed by atoms with Crippen LogP contribution >= 0.6 is 0 Å². The number of hydrogen-bond donors (Lipinski definition) is 0. The van der Waals surface area contributed by atoms with Crippen molar-refractivity contribution in [3.8, 4) is 0 Å². The van der Waals surface area contributed by atoms with E-state index in [4.69, 9.17) is 14.2 Å². The summed E-state index contributed by atoms with van der Waals surface area (Å²) in [6, 6.07) is 12.5. The lowest BCUT2D eigenvalue weighted by molar-refractivity contribution is -0.135. The van der Waals surface area contributed by atoms with Crippen molar-refractivity contribution >= 4 is 27.6 Å². The molecule has 0 saturated carbocycles. The van der Waals surface area contributed by atoms with Gasteiger partial charge in [0.15, 0.2) is 6.61 Å². The molecule has 33 heavy (non-hydrogen) atoms. The Kier molecular flexibility index (Phi) is 9.83. The Morgan fingerprint density at radius 1 is 0.879 bits per heavy atom. The molecule has 0 aromatic heterocycles. The Bertz CT molecular complexity index is 1010. The summed E-state index contributed by atoms with van der Waals surface area (Å²) in [6.07, 6.45) is 0. The van der Waals surface area contributed by atoms with Crippen molar-refractivity contribution in [2.24, 2.45) is 0 Å². The fourth-order valence-electron chi connectivity index (χ4n) is 2.88. The van der Waals surface area contributed by atoms with Crippen LogP contribution in [0.4, 0.5) is 5.69 Å². The van der Waals surface area contributed by atoms with Crippen LogP contribution in [0.25, 0.3) is 0 Å². The lowest BCUT2D eigenvalue weighted by Gasteiger charge is -2.22. The third kappa shape index (κ3) is 7.28. The molecule has 0 aliphatic rings. The Morgan fingerprint density at radius 2 is 1.42 bits per heavy atom. The molecule has 2 rings (SSSR count). The second-order valence-electron chi connectivity index (χ2n) is 7.27. The number of aryl methyl sites for hydroxylation is 1. The minimum absolute atomic E-state index is 0.170. The second-order valence-corrected chi connectivity index (χ2v) is 9.24. The molecule has 0 spiro atoms. The van der Waals surface area contributed by atoms with E-state index in [-0.39, 0.29) is 16.4 Å². The number of anilines is 1. The van der Waals surface area contributed by atoms with E-state index in [1.54, 1.807) is 24.3 Å². The quantitative estimate of drug-likeness (QED) is 0.431. The molecule has 0 heterocycles. The number of esters is 1. The van der Waals surface area contributed by atoms with Gasteiger partial charge in [-0.1, -0.05) is 17.7 Å². The third-order valence-corrected chi connectivity index (χ3v) is 6.76. The predicted molar refractivity (Wildman–Crippen MR) is 124 cm³/mol. The van der Waals surface area contributed by atoms with E-state index in [0.29, 0.717) is 32.0 Å². The monoisotopic (exact) mass is 478 g/mol. The first-order valence-corrected chi connectivity index (χ1v) is 11.7. The van der Waals surface area contributed by atoms with Gasteiger partial charge in [0, 0.05) is 34.4 Å². The largest absolute Gasteiger partial charge is 0.452 e. The van der Waals surface area contributed by atoms with E-state index in [1.165, 1.54) is 50.4 Å². The number of amides is 1. The molecule has 2 aromatic carbocycles. The topological polar surface area (TPSA) is 102 Å². The minimum atomic E-state index is -3.74. The van der Waals surface area contributed by atoms with Gasteiger partial charge in [0.1, 0.15) is 0 Å². The third-order valence-electron chi connectivity index (χ3n) is 4.96. The standard InChI is InChI=1S/C23H30N2O7S/c1-18-5-11-21(12-6-18)33(28,29)24(2)20-9-7-19(8-10-20)23(27)32-17-22(26)25(13-15-30-3)14-16-31-4/h5-12H,13-17H2,1-4H3. The van der Waals surface area contributed by atoms with E-state index in [2.05, 4.69) is 0 Å². The number of ether oxygens (including phenoxy) is 3. The predicted octanol–water partition coefficient (Wildman–Crippen LogP) is 2.10. The van der Waals surface area contributed by atoms with Crippen LogP contribution in [0.1, 0.15) is 15.9 Å². The lowest BCUT2D eigenvalue weighted by Crippen LogP contribution is -2.39. The maximum atomic E-state index is 12.8. The normalized spacial score (nSPS) is 11.2. The number of benzene rings is 2.